The van der Waals surface area contributed by atoms with Crippen LogP contribution >= 0.6 is 0 Å². The topological polar surface area (TPSA) is 53.1 Å². The minimum atomic E-state index is 0.664. The summed E-state index contributed by atoms with van der Waals surface area (Å²) in [5.74, 6) is 0.734. The maximum Gasteiger partial charge on any atom is 0.123 e. The van der Waals surface area contributed by atoms with Gasteiger partial charge >= 0.3 is 0 Å². The summed E-state index contributed by atoms with van der Waals surface area (Å²) < 4.78 is 6.91. The summed E-state index contributed by atoms with van der Waals surface area (Å²) in [4.78, 5) is 0. The molecule has 2 N–H and O–H groups in total. The molecule has 0 spiro atoms. The smallest absolute Gasteiger partial charge is 0.123 e. The molecule has 0 aliphatic heterocycles. The molecule has 15 heavy (non-hydrogen) atoms. The first kappa shape index (κ1) is 9.58. The van der Waals surface area contributed by atoms with Gasteiger partial charge < -0.3 is 10.5 Å². The van der Waals surface area contributed by atoms with Crippen molar-refractivity contribution in [2.45, 2.75) is 6.92 Å². The zero-order valence-electron chi connectivity index (χ0n) is 8.77. The van der Waals surface area contributed by atoms with E-state index in [0.29, 0.717) is 5.69 Å². The second-order valence-electron chi connectivity index (χ2n) is 3.43. The van der Waals surface area contributed by atoms with Gasteiger partial charge in [0, 0.05) is 24.0 Å². The van der Waals surface area contributed by atoms with E-state index < -0.39 is 0 Å². The zero-order chi connectivity index (χ0) is 10.8. The third kappa shape index (κ3) is 1.93. The Hall–Kier alpha value is -1.97. The zero-order valence-corrected chi connectivity index (χ0v) is 8.77. The molecule has 0 unspecified atom stereocenters. The van der Waals surface area contributed by atoms with Crippen molar-refractivity contribution in [1.29, 1.82) is 0 Å². The molecule has 1 aromatic carbocycles. The molecule has 0 aliphatic carbocycles. The molecule has 0 amide bonds. The Balaban J connectivity index is 2.48. The first-order chi connectivity index (χ1) is 7.19. The van der Waals surface area contributed by atoms with Crippen LogP contribution in [-0.2, 0) is 0 Å². The van der Waals surface area contributed by atoms with Gasteiger partial charge in [0.05, 0.1) is 19.0 Å². The van der Waals surface area contributed by atoms with Crippen molar-refractivity contribution >= 4 is 5.69 Å². The maximum atomic E-state index is 5.76. The Morgan fingerprint density at radius 3 is 2.73 bits per heavy atom. The lowest BCUT2D eigenvalue weighted by atomic mass is 10.2. The Labute approximate surface area is 88.3 Å². The van der Waals surface area contributed by atoms with Gasteiger partial charge in [-0.3, -0.25) is 0 Å². The SMILES string of the molecule is COc1cc(N)cc(-n2cc(C)cn2)c1. The predicted molar refractivity (Wildman–Crippen MR) is 59.3 cm³/mol. The Bertz CT molecular complexity index is 476. The molecule has 1 aromatic heterocycles. The monoisotopic (exact) mass is 203 g/mol. The third-order valence-electron chi connectivity index (χ3n) is 2.13. The average Bonchev–Trinajstić information content (AvgIpc) is 2.64. The summed E-state index contributed by atoms with van der Waals surface area (Å²) in [6.45, 7) is 1.99. The maximum absolute atomic E-state index is 5.76. The number of nitrogen functional groups attached to an aromatic ring is 1. The standard InChI is InChI=1S/C11H13N3O/c1-8-6-13-14(7-8)10-3-9(12)4-11(5-10)15-2/h3-7H,12H2,1-2H3. The van der Waals surface area contributed by atoms with E-state index in [4.69, 9.17) is 10.5 Å². The first-order valence-corrected chi connectivity index (χ1v) is 4.65. The van der Waals surface area contributed by atoms with Crippen molar-refractivity contribution in [3.8, 4) is 11.4 Å². The molecular weight excluding hydrogens is 190 g/mol. The van der Waals surface area contributed by atoms with Crippen molar-refractivity contribution in [2.75, 3.05) is 12.8 Å². The Kier molecular flexibility index (Phi) is 2.33. The molecule has 0 saturated carbocycles. The number of methoxy groups -OCH3 is 1. The number of nitrogens with zero attached hydrogens (tertiary/aromatic N) is 2. The number of aromatic nitrogens is 2. The molecule has 4 heteroatoms. The highest BCUT2D eigenvalue weighted by Gasteiger charge is 2.02. The van der Waals surface area contributed by atoms with Gasteiger partial charge in [0.15, 0.2) is 0 Å². The second-order valence-corrected chi connectivity index (χ2v) is 3.43. The van der Waals surface area contributed by atoms with Crippen LogP contribution < -0.4 is 10.5 Å². The van der Waals surface area contributed by atoms with Gasteiger partial charge in [0.1, 0.15) is 5.75 Å². The van der Waals surface area contributed by atoms with Gasteiger partial charge in [-0.2, -0.15) is 5.10 Å². The van der Waals surface area contributed by atoms with Gasteiger partial charge in [-0.05, 0) is 18.6 Å². The summed E-state index contributed by atoms with van der Waals surface area (Å²) in [5, 5.41) is 4.21. The van der Waals surface area contributed by atoms with Crippen LogP contribution in [0.25, 0.3) is 5.69 Å². The highest BCUT2D eigenvalue weighted by Crippen LogP contribution is 2.21. The van der Waals surface area contributed by atoms with Crippen molar-refractivity contribution in [3.63, 3.8) is 0 Å². The molecule has 4 nitrogen and oxygen atoms in total. The fourth-order valence-electron chi connectivity index (χ4n) is 1.41. The number of ether oxygens (including phenoxy) is 1. The largest absolute Gasteiger partial charge is 0.497 e. The molecule has 2 aromatic rings. The number of rotatable bonds is 2. The fourth-order valence-corrected chi connectivity index (χ4v) is 1.41. The van der Waals surface area contributed by atoms with Crippen molar-refractivity contribution in [2.24, 2.45) is 0 Å². The van der Waals surface area contributed by atoms with E-state index in [1.165, 1.54) is 0 Å². The van der Waals surface area contributed by atoms with Gasteiger partial charge in [-0.1, -0.05) is 0 Å². The number of anilines is 1. The Morgan fingerprint density at radius 2 is 2.13 bits per heavy atom. The van der Waals surface area contributed by atoms with E-state index in [1.807, 2.05) is 25.3 Å². The number of benzene rings is 1. The fraction of sp³-hybridized carbons (Fsp3) is 0.182. The number of aryl methyl sites for hydroxylation is 1. The van der Waals surface area contributed by atoms with E-state index in [9.17, 15) is 0 Å². The predicted octanol–water partition coefficient (Wildman–Crippen LogP) is 1.77. The second kappa shape index (κ2) is 3.65. The van der Waals surface area contributed by atoms with Crippen LogP contribution in [0.15, 0.2) is 30.6 Å². The van der Waals surface area contributed by atoms with Crippen molar-refractivity contribution in [1.82, 2.24) is 9.78 Å². The van der Waals surface area contributed by atoms with Crippen molar-refractivity contribution in [3.05, 3.63) is 36.2 Å². The summed E-state index contributed by atoms with van der Waals surface area (Å²) in [6.07, 6.45) is 3.74. The highest BCUT2D eigenvalue weighted by molar-refractivity contribution is 5.53. The lowest BCUT2D eigenvalue weighted by Gasteiger charge is -2.06. The number of hydrogen-bond donors (Lipinski definition) is 1. The number of nitrogens with two attached hydrogens (primary N) is 1. The van der Waals surface area contributed by atoms with E-state index in [0.717, 1.165) is 17.0 Å². The van der Waals surface area contributed by atoms with E-state index in [2.05, 4.69) is 5.10 Å². The van der Waals surface area contributed by atoms with Crippen LogP contribution in [0.4, 0.5) is 5.69 Å². The highest BCUT2D eigenvalue weighted by atomic mass is 16.5. The molecular formula is C11H13N3O. The van der Waals surface area contributed by atoms with E-state index in [1.54, 1.807) is 24.1 Å². The van der Waals surface area contributed by atoms with Crippen LogP contribution in [0.5, 0.6) is 5.75 Å². The normalized spacial score (nSPS) is 10.3. The summed E-state index contributed by atoms with van der Waals surface area (Å²) in [7, 11) is 1.62. The van der Waals surface area contributed by atoms with E-state index >= 15 is 0 Å². The summed E-state index contributed by atoms with van der Waals surface area (Å²) in [5.41, 5.74) is 8.43. The lowest BCUT2D eigenvalue weighted by molar-refractivity contribution is 0.414. The first-order valence-electron chi connectivity index (χ1n) is 4.65. The molecule has 2 rings (SSSR count). The Morgan fingerprint density at radius 1 is 1.33 bits per heavy atom. The molecule has 0 atom stereocenters. The molecule has 0 bridgehead atoms. The molecule has 0 radical (unpaired) electrons. The van der Waals surface area contributed by atoms with Gasteiger partial charge in [-0.25, -0.2) is 4.68 Å². The summed E-state index contributed by atoms with van der Waals surface area (Å²) >= 11 is 0. The van der Waals surface area contributed by atoms with Crippen LogP contribution in [0.2, 0.25) is 0 Å². The van der Waals surface area contributed by atoms with E-state index in [-0.39, 0.29) is 0 Å². The van der Waals surface area contributed by atoms with Crippen LogP contribution in [-0.4, -0.2) is 16.9 Å². The van der Waals surface area contributed by atoms with Crippen LogP contribution in [0.1, 0.15) is 5.56 Å². The van der Waals surface area contributed by atoms with Gasteiger partial charge in [-0.15, -0.1) is 0 Å². The van der Waals surface area contributed by atoms with Crippen molar-refractivity contribution < 1.29 is 4.74 Å². The van der Waals surface area contributed by atoms with Gasteiger partial charge in [0.2, 0.25) is 0 Å². The number of hydrogen-bond acceptors (Lipinski definition) is 3. The molecule has 0 saturated heterocycles. The quantitative estimate of drug-likeness (QED) is 0.757. The molecule has 1 heterocycles. The van der Waals surface area contributed by atoms with Crippen LogP contribution in [0, 0.1) is 6.92 Å². The minimum Gasteiger partial charge on any atom is -0.497 e. The molecule has 0 fully saturated rings. The average molecular weight is 203 g/mol. The minimum absolute atomic E-state index is 0.664. The molecule has 78 valence electrons. The lowest BCUT2D eigenvalue weighted by Crippen LogP contribution is -1.97. The third-order valence-corrected chi connectivity index (χ3v) is 2.13. The summed E-state index contributed by atoms with van der Waals surface area (Å²) in [6, 6.07) is 5.53. The van der Waals surface area contributed by atoms with Gasteiger partial charge in [0.25, 0.3) is 0 Å². The van der Waals surface area contributed by atoms with Crippen LogP contribution in [0.3, 0.4) is 0 Å². The molecule has 0 aliphatic rings.